The summed E-state index contributed by atoms with van der Waals surface area (Å²) in [5, 5.41) is 14.2. The van der Waals surface area contributed by atoms with E-state index in [0.717, 1.165) is 18.5 Å². The van der Waals surface area contributed by atoms with Crippen LogP contribution in [0.3, 0.4) is 0 Å². The first-order valence-electron chi connectivity index (χ1n) is 6.76. The summed E-state index contributed by atoms with van der Waals surface area (Å²) in [4.78, 5) is 10.5. The zero-order valence-corrected chi connectivity index (χ0v) is 11.8. The highest BCUT2D eigenvalue weighted by Gasteiger charge is 2.15. The zero-order chi connectivity index (χ0) is 14.3. The largest absolute Gasteiger partial charge is 0.487 e. The molecular weight excluding hydrogens is 244 g/mol. The molecule has 0 saturated carbocycles. The lowest BCUT2D eigenvalue weighted by atomic mass is 10.1. The van der Waals surface area contributed by atoms with E-state index in [4.69, 9.17) is 4.74 Å². The first-order chi connectivity index (χ1) is 9.08. The molecule has 1 atom stereocenters. The Hall–Kier alpha value is -1.78. The second-order valence-corrected chi connectivity index (χ2v) is 4.56. The Kier molecular flexibility index (Phi) is 6.12. The minimum Gasteiger partial charge on any atom is -0.487 e. The fraction of sp³-hybridized carbons (Fsp3) is 0.571. The van der Waals surface area contributed by atoms with Crippen LogP contribution in [-0.4, -0.2) is 17.6 Å². The van der Waals surface area contributed by atoms with E-state index in [1.165, 1.54) is 12.5 Å². The Morgan fingerprint density at radius 2 is 2.16 bits per heavy atom. The molecule has 1 unspecified atom stereocenters. The van der Waals surface area contributed by atoms with Crippen molar-refractivity contribution in [1.29, 1.82) is 0 Å². The van der Waals surface area contributed by atoms with Crippen LogP contribution in [0.25, 0.3) is 0 Å². The predicted molar refractivity (Wildman–Crippen MR) is 76.9 cm³/mol. The summed E-state index contributed by atoms with van der Waals surface area (Å²) in [7, 11) is 0. The van der Waals surface area contributed by atoms with Gasteiger partial charge in [-0.3, -0.25) is 10.1 Å². The molecule has 0 aliphatic carbocycles. The van der Waals surface area contributed by atoms with E-state index in [9.17, 15) is 10.1 Å². The molecule has 0 bridgehead atoms. The van der Waals surface area contributed by atoms with Gasteiger partial charge in [0.25, 0.3) is 0 Å². The van der Waals surface area contributed by atoms with Crippen LogP contribution in [0.2, 0.25) is 0 Å². The molecule has 0 amide bonds. The van der Waals surface area contributed by atoms with Crippen LogP contribution in [0.15, 0.2) is 18.2 Å². The average Bonchev–Trinajstić information content (AvgIpc) is 2.36. The highest BCUT2D eigenvalue weighted by Crippen LogP contribution is 2.30. The molecule has 0 spiro atoms. The fourth-order valence-electron chi connectivity index (χ4n) is 1.89. The Morgan fingerprint density at radius 3 is 2.74 bits per heavy atom. The second-order valence-electron chi connectivity index (χ2n) is 4.56. The van der Waals surface area contributed by atoms with Crippen LogP contribution < -0.4 is 10.1 Å². The molecule has 5 nitrogen and oxygen atoms in total. The van der Waals surface area contributed by atoms with Gasteiger partial charge in [0.15, 0.2) is 5.75 Å². The van der Waals surface area contributed by atoms with Crippen molar-refractivity contribution in [3.05, 3.63) is 28.3 Å². The van der Waals surface area contributed by atoms with Crippen molar-refractivity contribution in [3.8, 4) is 5.75 Å². The molecular formula is C14H22N2O3. The molecule has 1 N–H and O–H groups in total. The molecule has 1 aromatic rings. The molecule has 0 fully saturated rings. The minimum absolute atomic E-state index is 0.00797. The third-order valence-corrected chi connectivity index (χ3v) is 2.86. The number of hydrogen-bond acceptors (Lipinski definition) is 4. The maximum atomic E-state index is 10.9. The van der Waals surface area contributed by atoms with Gasteiger partial charge in [-0.15, -0.1) is 0 Å². The third-order valence-electron chi connectivity index (χ3n) is 2.86. The SMILES string of the molecule is CCCCC(C)Nc1ccc([N+](=O)[O-])c(OCC)c1. The summed E-state index contributed by atoms with van der Waals surface area (Å²) in [5.41, 5.74) is 0.867. The number of nitrogens with one attached hydrogen (secondary N) is 1. The Labute approximate surface area is 114 Å². The number of nitro benzene ring substituents is 1. The van der Waals surface area contributed by atoms with E-state index < -0.39 is 4.92 Å². The van der Waals surface area contributed by atoms with Crippen LogP contribution in [0.5, 0.6) is 5.75 Å². The van der Waals surface area contributed by atoms with Gasteiger partial charge in [-0.1, -0.05) is 19.8 Å². The number of ether oxygens (including phenoxy) is 1. The van der Waals surface area contributed by atoms with Crippen molar-refractivity contribution < 1.29 is 9.66 Å². The zero-order valence-electron chi connectivity index (χ0n) is 11.8. The van der Waals surface area contributed by atoms with Crippen LogP contribution >= 0.6 is 0 Å². The number of anilines is 1. The van der Waals surface area contributed by atoms with Crippen LogP contribution in [0.1, 0.15) is 40.0 Å². The molecule has 0 aromatic heterocycles. The quantitative estimate of drug-likeness (QED) is 0.571. The van der Waals surface area contributed by atoms with Gasteiger partial charge < -0.3 is 10.1 Å². The Bertz CT molecular complexity index is 421. The summed E-state index contributed by atoms with van der Waals surface area (Å²) in [5.74, 6) is 0.320. The first-order valence-corrected chi connectivity index (χ1v) is 6.76. The van der Waals surface area contributed by atoms with Crippen LogP contribution in [0, 0.1) is 10.1 Å². The van der Waals surface area contributed by atoms with Gasteiger partial charge in [0.2, 0.25) is 0 Å². The number of hydrogen-bond donors (Lipinski definition) is 1. The van der Waals surface area contributed by atoms with Gasteiger partial charge in [-0.2, -0.15) is 0 Å². The van der Waals surface area contributed by atoms with E-state index in [1.54, 1.807) is 12.1 Å². The van der Waals surface area contributed by atoms with Crippen molar-refractivity contribution in [2.45, 2.75) is 46.1 Å². The summed E-state index contributed by atoms with van der Waals surface area (Å²) in [6.45, 7) is 6.49. The summed E-state index contributed by atoms with van der Waals surface area (Å²) >= 11 is 0. The number of benzene rings is 1. The minimum atomic E-state index is -0.421. The van der Waals surface area contributed by atoms with E-state index >= 15 is 0 Å². The molecule has 0 heterocycles. The standard InChI is InChI=1S/C14H22N2O3/c1-4-6-7-11(3)15-12-8-9-13(16(17)18)14(10-12)19-5-2/h8-11,15H,4-7H2,1-3H3. The Balaban J connectivity index is 2.80. The van der Waals surface area contributed by atoms with Gasteiger partial charge >= 0.3 is 5.69 Å². The number of nitrogens with zero attached hydrogens (tertiary/aromatic N) is 1. The molecule has 106 valence electrons. The monoisotopic (exact) mass is 266 g/mol. The molecule has 0 aliphatic rings. The van der Waals surface area contributed by atoms with Gasteiger partial charge in [0.1, 0.15) is 0 Å². The number of unbranched alkanes of at least 4 members (excludes halogenated alkanes) is 1. The molecule has 1 aromatic carbocycles. The van der Waals surface area contributed by atoms with Gasteiger partial charge in [-0.25, -0.2) is 0 Å². The van der Waals surface area contributed by atoms with Crippen LogP contribution in [0.4, 0.5) is 11.4 Å². The second kappa shape index (κ2) is 7.61. The number of nitro groups is 1. The van der Waals surface area contributed by atoms with E-state index in [-0.39, 0.29) is 5.69 Å². The van der Waals surface area contributed by atoms with Crippen molar-refractivity contribution in [3.63, 3.8) is 0 Å². The molecule has 5 heteroatoms. The topological polar surface area (TPSA) is 64.4 Å². The first kappa shape index (κ1) is 15.3. The third kappa shape index (κ3) is 4.77. The molecule has 19 heavy (non-hydrogen) atoms. The predicted octanol–water partition coefficient (Wildman–Crippen LogP) is 3.98. The number of rotatable bonds is 8. The highest BCUT2D eigenvalue weighted by molar-refractivity contribution is 5.58. The van der Waals surface area contributed by atoms with E-state index in [0.29, 0.717) is 18.4 Å². The molecule has 1 rings (SSSR count). The lowest BCUT2D eigenvalue weighted by molar-refractivity contribution is -0.385. The maximum absolute atomic E-state index is 10.9. The smallest absolute Gasteiger partial charge is 0.311 e. The Morgan fingerprint density at radius 1 is 1.42 bits per heavy atom. The summed E-state index contributed by atoms with van der Waals surface area (Å²) in [6.07, 6.45) is 3.41. The van der Waals surface area contributed by atoms with Gasteiger partial charge in [0, 0.05) is 23.9 Å². The molecule has 0 radical (unpaired) electrons. The van der Waals surface area contributed by atoms with Crippen molar-refractivity contribution in [1.82, 2.24) is 0 Å². The van der Waals surface area contributed by atoms with E-state index in [1.807, 2.05) is 6.92 Å². The summed E-state index contributed by atoms with van der Waals surface area (Å²) in [6, 6.07) is 5.25. The average molecular weight is 266 g/mol. The van der Waals surface area contributed by atoms with Gasteiger partial charge in [-0.05, 0) is 26.3 Å². The van der Waals surface area contributed by atoms with Gasteiger partial charge in [0.05, 0.1) is 11.5 Å². The van der Waals surface area contributed by atoms with Crippen molar-refractivity contribution in [2.75, 3.05) is 11.9 Å². The summed E-state index contributed by atoms with van der Waals surface area (Å²) < 4.78 is 5.32. The fourth-order valence-corrected chi connectivity index (χ4v) is 1.89. The lowest BCUT2D eigenvalue weighted by Crippen LogP contribution is -2.14. The van der Waals surface area contributed by atoms with Crippen molar-refractivity contribution in [2.24, 2.45) is 0 Å². The van der Waals surface area contributed by atoms with Crippen LogP contribution in [-0.2, 0) is 0 Å². The maximum Gasteiger partial charge on any atom is 0.311 e. The highest BCUT2D eigenvalue weighted by atomic mass is 16.6. The normalized spacial score (nSPS) is 11.9. The van der Waals surface area contributed by atoms with Crippen molar-refractivity contribution >= 4 is 11.4 Å². The van der Waals surface area contributed by atoms with E-state index in [2.05, 4.69) is 19.2 Å². The lowest BCUT2D eigenvalue weighted by Gasteiger charge is -2.15. The molecule has 0 saturated heterocycles. The molecule has 0 aliphatic heterocycles.